The molecule has 2 atom stereocenters. The molecular formula is C16H18N2O. The lowest BCUT2D eigenvalue weighted by Gasteiger charge is -2.37. The van der Waals surface area contributed by atoms with E-state index in [4.69, 9.17) is 0 Å². The van der Waals surface area contributed by atoms with E-state index in [1.165, 1.54) is 12.8 Å². The molecule has 1 aromatic carbocycles. The second-order valence-electron chi connectivity index (χ2n) is 5.96. The van der Waals surface area contributed by atoms with Crippen LogP contribution in [0.2, 0.25) is 0 Å². The van der Waals surface area contributed by atoms with Crippen LogP contribution >= 0.6 is 0 Å². The van der Waals surface area contributed by atoms with Crippen LogP contribution < -0.4 is 5.32 Å². The monoisotopic (exact) mass is 254 g/mol. The molecule has 3 heterocycles. The average molecular weight is 254 g/mol. The van der Waals surface area contributed by atoms with Crippen molar-refractivity contribution in [2.75, 3.05) is 0 Å². The molecule has 2 saturated heterocycles. The highest BCUT2D eigenvalue weighted by atomic mass is 16.3. The second kappa shape index (κ2) is 4.02. The van der Waals surface area contributed by atoms with Crippen LogP contribution in [-0.2, 0) is 5.60 Å². The third kappa shape index (κ3) is 1.77. The number of nitrogens with one attached hydrogen (secondary N) is 1. The maximum atomic E-state index is 11.1. The fraction of sp³-hybridized carbons (Fsp3) is 0.438. The van der Waals surface area contributed by atoms with Gasteiger partial charge in [-0.25, -0.2) is 0 Å². The molecule has 2 N–H and O–H groups in total. The number of piperidine rings is 1. The Morgan fingerprint density at radius 1 is 1.11 bits per heavy atom. The number of fused-ring (bicyclic) bond motifs is 3. The van der Waals surface area contributed by atoms with Crippen LogP contribution in [0.3, 0.4) is 0 Å². The minimum atomic E-state index is -0.766. The molecular weight excluding hydrogens is 236 g/mol. The number of aromatic nitrogens is 1. The van der Waals surface area contributed by atoms with Crippen molar-refractivity contribution in [2.24, 2.45) is 0 Å². The van der Waals surface area contributed by atoms with Gasteiger partial charge in [0.25, 0.3) is 0 Å². The Morgan fingerprint density at radius 2 is 1.84 bits per heavy atom. The van der Waals surface area contributed by atoms with Gasteiger partial charge >= 0.3 is 0 Å². The fourth-order valence-corrected chi connectivity index (χ4v) is 3.81. The predicted octanol–water partition coefficient (Wildman–Crippen LogP) is 2.34. The molecule has 0 saturated carbocycles. The Morgan fingerprint density at radius 3 is 2.63 bits per heavy atom. The summed E-state index contributed by atoms with van der Waals surface area (Å²) in [7, 11) is 0. The Labute approximate surface area is 112 Å². The highest BCUT2D eigenvalue weighted by Crippen LogP contribution is 2.41. The van der Waals surface area contributed by atoms with E-state index in [1.54, 1.807) is 0 Å². The SMILES string of the molecule is OC1(c2nccc3ccccc23)CC2CCC(C1)N2. The zero-order chi connectivity index (χ0) is 12.9. The molecule has 3 nitrogen and oxygen atoms in total. The summed E-state index contributed by atoms with van der Waals surface area (Å²) < 4.78 is 0. The summed E-state index contributed by atoms with van der Waals surface area (Å²) in [6, 6.07) is 11.1. The van der Waals surface area contributed by atoms with Gasteiger partial charge in [-0.15, -0.1) is 0 Å². The normalized spacial score (nSPS) is 33.7. The molecule has 2 fully saturated rings. The van der Waals surface area contributed by atoms with Crippen molar-refractivity contribution >= 4 is 10.8 Å². The first-order chi connectivity index (χ1) is 9.24. The van der Waals surface area contributed by atoms with E-state index >= 15 is 0 Å². The Hall–Kier alpha value is -1.45. The van der Waals surface area contributed by atoms with Crippen LogP contribution in [-0.4, -0.2) is 22.2 Å². The lowest BCUT2D eigenvalue weighted by molar-refractivity contribution is -0.0138. The second-order valence-corrected chi connectivity index (χ2v) is 5.96. The van der Waals surface area contributed by atoms with Gasteiger partial charge in [-0.1, -0.05) is 24.3 Å². The predicted molar refractivity (Wildman–Crippen MR) is 74.8 cm³/mol. The third-order valence-corrected chi connectivity index (χ3v) is 4.62. The molecule has 2 aliphatic rings. The van der Waals surface area contributed by atoms with Crippen LogP contribution in [0.25, 0.3) is 10.8 Å². The molecule has 2 bridgehead atoms. The van der Waals surface area contributed by atoms with Gasteiger partial charge in [0, 0.05) is 23.7 Å². The Balaban J connectivity index is 1.85. The van der Waals surface area contributed by atoms with Gasteiger partial charge in [-0.2, -0.15) is 0 Å². The lowest BCUT2D eigenvalue weighted by atomic mass is 9.82. The first kappa shape index (κ1) is 11.4. The first-order valence-electron chi connectivity index (χ1n) is 7.07. The van der Waals surface area contributed by atoms with Crippen molar-refractivity contribution in [1.82, 2.24) is 10.3 Å². The first-order valence-corrected chi connectivity index (χ1v) is 7.07. The van der Waals surface area contributed by atoms with E-state index in [0.29, 0.717) is 12.1 Å². The average Bonchev–Trinajstić information content (AvgIpc) is 2.78. The summed E-state index contributed by atoms with van der Waals surface area (Å²) in [4.78, 5) is 4.52. The molecule has 4 rings (SSSR count). The van der Waals surface area contributed by atoms with E-state index in [1.807, 2.05) is 24.4 Å². The molecule has 1 aromatic heterocycles. The number of aliphatic hydroxyl groups is 1. The number of rotatable bonds is 1. The summed E-state index contributed by atoms with van der Waals surface area (Å²) >= 11 is 0. The van der Waals surface area contributed by atoms with Gasteiger partial charge in [0.1, 0.15) is 5.60 Å². The Kier molecular flexibility index (Phi) is 2.41. The van der Waals surface area contributed by atoms with Crippen LogP contribution in [0.1, 0.15) is 31.4 Å². The van der Waals surface area contributed by atoms with Crippen molar-refractivity contribution in [1.29, 1.82) is 0 Å². The van der Waals surface area contributed by atoms with Crippen molar-refractivity contribution in [3.8, 4) is 0 Å². The summed E-state index contributed by atoms with van der Waals surface area (Å²) in [5, 5.41) is 16.9. The molecule has 98 valence electrons. The standard InChI is InChI=1S/C16H18N2O/c19-16(9-12-5-6-13(10-16)18-12)15-14-4-2-1-3-11(14)7-8-17-15/h1-4,7-8,12-13,18-19H,5-6,9-10H2. The molecule has 2 aliphatic heterocycles. The van der Waals surface area contributed by atoms with Gasteiger partial charge in [-0.3, -0.25) is 4.98 Å². The molecule has 0 amide bonds. The maximum absolute atomic E-state index is 11.1. The van der Waals surface area contributed by atoms with E-state index in [0.717, 1.165) is 29.3 Å². The van der Waals surface area contributed by atoms with Gasteiger partial charge in [0.15, 0.2) is 0 Å². The van der Waals surface area contributed by atoms with Crippen molar-refractivity contribution in [2.45, 2.75) is 43.4 Å². The Bertz CT molecular complexity index is 608. The zero-order valence-electron chi connectivity index (χ0n) is 10.8. The van der Waals surface area contributed by atoms with Gasteiger partial charge in [0.05, 0.1) is 5.69 Å². The largest absolute Gasteiger partial charge is 0.383 e. The van der Waals surface area contributed by atoms with E-state index in [9.17, 15) is 5.11 Å². The lowest BCUT2D eigenvalue weighted by Crippen LogP contribution is -2.47. The highest BCUT2D eigenvalue weighted by molar-refractivity contribution is 5.85. The van der Waals surface area contributed by atoms with Crippen molar-refractivity contribution < 1.29 is 5.11 Å². The van der Waals surface area contributed by atoms with Crippen LogP contribution in [0, 0.1) is 0 Å². The molecule has 0 radical (unpaired) electrons. The molecule has 2 aromatic rings. The van der Waals surface area contributed by atoms with Crippen molar-refractivity contribution in [3.05, 3.63) is 42.2 Å². The number of pyridine rings is 1. The van der Waals surface area contributed by atoms with E-state index < -0.39 is 5.60 Å². The van der Waals surface area contributed by atoms with Crippen molar-refractivity contribution in [3.63, 3.8) is 0 Å². The maximum Gasteiger partial charge on any atom is 0.110 e. The molecule has 3 heteroatoms. The zero-order valence-corrected chi connectivity index (χ0v) is 10.8. The smallest absolute Gasteiger partial charge is 0.110 e. The summed E-state index contributed by atoms with van der Waals surface area (Å²) in [5.74, 6) is 0. The molecule has 2 unspecified atom stereocenters. The van der Waals surface area contributed by atoms with E-state index in [-0.39, 0.29) is 0 Å². The van der Waals surface area contributed by atoms with Crippen LogP contribution in [0.5, 0.6) is 0 Å². The minimum Gasteiger partial charge on any atom is -0.383 e. The molecule has 0 aliphatic carbocycles. The van der Waals surface area contributed by atoms with Crippen LogP contribution in [0.15, 0.2) is 36.5 Å². The summed E-state index contributed by atoms with van der Waals surface area (Å²) in [6.45, 7) is 0. The number of hydrogen-bond acceptors (Lipinski definition) is 3. The summed E-state index contributed by atoms with van der Waals surface area (Å²) in [5.41, 5.74) is 0.0989. The number of nitrogens with zero attached hydrogens (tertiary/aromatic N) is 1. The van der Waals surface area contributed by atoms with Gasteiger partial charge in [0.2, 0.25) is 0 Å². The van der Waals surface area contributed by atoms with Crippen LogP contribution in [0.4, 0.5) is 0 Å². The highest BCUT2D eigenvalue weighted by Gasteiger charge is 2.44. The molecule has 19 heavy (non-hydrogen) atoms. The minimum absolute atomic E-state index is 0.449. The summed E-state index contributed by atoms with van der Waals surface area (Å²) in [6.07, 6.45) is 5.74. The van der Waals surface area contributed by atoms with E-state index in [2.05, 4.69) is 22.4 Å². The van der Waals surface area contributed by atoms with Gasteiger partial charge in [-0.05, 0) is 37.1 Å². The number of benzene rings is 1. The topological polar surface area (TPSA) is 45.2 Å². The van der Waals surface area contributed by atoms with Gasteiger partial charge < -0.3 is 10.4 Å². The number of hydrogen-bond donors (Lipinski definition) is 2. The fourth-order valence-electron chi connectivity index (χ4n) is 3.81. The third-order valence-electron chi connectivity index (χ3n) is 4.62. The quantitative estimate of drug-likeness (QED) is 0.821. The molecule has 0 spiro atoms.